The molecule has 0 aliphatic carbocycles. The summed E-state index contributed by atoms with van der Waals surface area (Å²) in [5, 5.41) is 3.38. The molecule has 5 nitrogen and oxygen atoms in total. The SMILES string of the molecule is COc1ccc(-c2cc3c(cn2)CN(C(C)=O)CCN3)cc1. The first-order valence-corrected chi connectivity index (χ1v) is 7.30. The van der Waals surface area contributed by atoms with Crippen LogP contribution in [0.15, 0.2) is 36.5 Å². The fraction of sp³-hybridized carbons (Fsp3) is 0.294. The predicted octanol–water partition coefficient (Wildman–Crippen LogP) is 2.53. The minimum Gasteiger partial charge on any atom is -0.497 e. The van der Waals surface area contributed by atoms with Crippen molar-refractivity contribution in [2.45, 2.75) is 13.5 Å². The molecule has 1 aromatic heterocycles. The third-order valence-electron chi connectivity index (χ3n) is 3.88. The lowest BCUT2D eigenvalue weighted by molar-refractivity contribution is -0.129. The number of anilines is 1. The van der Waals surface area contributed by atoms with Gasteiger partial charge in [0.1, 0.15) is 5.75 Å². The Hall–Kier alpha value is -2.56. The van der Waals surface area contributed by atoms with Gasteiger partial charge in [-0.3, -0.25) is 9.78 Å². The van der Waals surface area contributed by atoms with Crippen LogP contribution in [0.3, 0.4) is 0 Å². The van der Waals surface area contributed by atoms with Crippen molar-refractivity contribution in [1.29, 1.82) is 0 Å². The van der Waals surface area contributed by atoms with Crippen LogP contribution < -0.4 is 10.1 Å². The molecule has 1 aliphatic rings. The average Bonchev–Trinajstić information content (AvgIpc) is 2.76. The van der Waals surface area contributed by atoms with Crippen molar-refractivity contribution in [1.82, 2.24) is 9.88 Å². The van der Waals surface area contributed by atoms with Gasteiger partial charge in [-0.1, -0.05) is 0 Å². The maximum absolute atomic E-state index is 11.6. The predicted molar refractivity (Wildman–Crippen MR) is 85.8 cm³/mol. The van der Waals surface area contributed by atoms with Gasteiger partial charge in [-0.2, -0.15) is 0 Å². The standard InChI is InChI=1S/C17H19N3O2/c1-12(21)20-8-7-18-17-9-16(19-10-14(17)11-20)13-3-5-15(22-2)6-4-13/h3-6,9-10,18H,7-8,11H2,1-2H3. The summed E-state index contributed by atoms with van der Waals surface area (Å²) in [6.07, 6.45) is 1.85. The normalized spacial score (nSPS) is 13.8. The Morgan fingerprint density at radius 2 is 2.09 bits per heavy atom. The number of rotatable bonds is 2. The Labute approximate surface area is 129 Å². The van der Waals surface area contributed by atoms with Crippen molar-refractivity contribution in [3.63, 3.8) is 0 Å². The molecule has 1 amide bonds. The molecule has 3 rings (SSSR count). The van der Waals surface area contributed by atoms with E-state index >= 15 is 0 Å². The van der Waals surface area contributed by atoms with Gasteiger partial charge in [0.05, 0.1) is 12.8 Å². The van der Waals surface area contributed by atoms with Crippen LogP contribution in [0.2, 0.25) is 0 Å². The number of nitrogens with one attached hydrogen (secondary N) is 1. The molecule has 2 heterocycles. The zero-order chi connectivity index (χ0) is 15.5. The van der Waals surface area contributed by atoms with Crippen molar-refractivity contribution in [2.75, 3.05) is 25.5 Å². The van der Waals surface area contributed by atoms with Crippen LogP contribution in [0.25, 0.3) is 11.3 Å². The zero-order valence-corrected chi connectivity index (χ0v) is 12.8. The molecule has 0 spiro atoms. The highest BCUT2D eigenvalue weighted by Gasteiger charge is 2.17. The summed E-state index contributed by atoms with van der Waals surface area (Å²) >= 11 is 0. The van der Waals surface area contributed by atoms with Crippen molar-refractivity contribution < 1.29 is 9.53 Å². The van der Waals surface area contributed by atoms with Gasteiger partial charge in [0.25, 0.3) is 0 Å². The second-order valence-electron chi connectivity index (χ2n) is 5.32. The largest absolute Gasteiger partial charge is 0.497 e. The van der Waals surface area contributed by atoms with Crippen LogP contribution in [0.1, 0.15) is 12.5 Å². The number of ether oxygens (including phenoxy) is 1. The molecule has 1 aromatic carbocycles. The number of aromatic nitrogens is 1. The fourth-order valence-electron chi connectivity index (χ4n) is 2.57. The molecule has 2 aromatic rings. The maximum Gasteiger partial charge on any atom is 0.219 e. The highest BCUT2D eigenvalue weighted by Crippen LogP contribution is 2.27. The first-order valence-electron chi connectivity index (χ1n) is 7.30. The number of fused-ring (bicyclic) bond motifs is 1. The van der Waals surface area contributed by atoms with Gasteiger partial charge in [0.2, 0.25) is 5.91 Å². The lowest BCUT2D eigenvalue weighted by Crippen LogP contribution is -2.30. The first kappa shape index (κ1) is 14.4. The van der Waals surface area contributed by atoms with Gasteiger partial charge in [0.15, 0.2) is 0 Å². The third-order valence-corrected chi connectivity index (χ3v) is 3.88. The van der Waals surface area contributed by atoms with E-state index in [1.165, 1.54) is 0 Å². The first-order chi connectivity index (χ1) is 10.7. The number of benzene rings is 1. The number of nitrogens with zero attached hydrogens (tertiary/aromatic N) is 2. The Morgan fingerprint density at radius 1 is 1.32 bits per heavy atom. The van der Waals surface area contributed by atoms with E-state index in [2.05, 4.69) is 10.3 Å². The smallest absolute Gasteiger partial charge is 0.219 e. The summed E-state index contributed by atoms with van der Waals surface area (Å²) < 4.78 is 5.18. The number of amides is 1. The van der Waals surface area contributed by atoms with Crippen molar-refractivity contribution in [2.24, 2.45) is 0 Å². The molecule has 0 saturated carbocycles. The second kappa shape index (κ2) is 6.05. The van der Waals surface area contributed by atoms with Crippen LogP contribution >= 0.6 is 0 Å². The highest BCUT2D eigenvalue weighted by atomic mass is 16.5. The van der Waals surface area contributed by atoms with E-state index in [1.54, 1.807) is 14.0 Å². The lowest BCUT2D eigenvalue weighted by Gasteiger charge is -2.17. The molecular weight excluding hydrogens is 278 g/mol. The van der Waals surface area contributed by atoms with E-state index in [0.29, 0.717) is 13.1 Å². The van der Waals surface area contributed by atoms with Gasteiger partial charge in [-0.05, 0) is 30.3 Å². The van der Waals surface area contributed by atoms with Crippen LogP contribution in [-0.2, 0) is 11.3 Å². The fourth-order valence-corrected chi connectivity index (χ4v) is 2.57. The van der Waals surface area contributed by atoms with Crippen LogP contribution in [0.4, 0.5) is 5.69 Å². The summed E-state index contributed by atoms with van der Waals surface area (Å²) in [7, 11) is 1.65. The minimum atomic E-state index is 0.0916. The third kappa shape index (κ3) is 2.88. The van der Waals surface area contributed by atoms with E-state index < -0.39 is 0 Å². The molecule has 1 aliphatic heterocycles. The van der Waals surface area contributed by atoms with Gasteiger partial charge >= 0.3 is 0 Å². The Bertz CT molecular complexity index is 683. The summed E-state index contributed by atoms with van der Waals surface area (Å²) in [5.74, 6) is 0.919. The molecular formula is C17H19N3O2. The molecule has 1 N–H and O–H groups in total. The van der Waals surface area contributed by atoms with Crippen LogP contribution in [0.5, 0.6) is 5.75 Å². The molecule has 0 bridgehead atoms. The molecule has 0 atom stereocenters. The molecule has 0 radical (unpaired) electrons. The molecule has 0 fully saturated rings. The Balaban J connectivity index is 1.90. The van der Waals surface area contributed by atoms with E-state index in [9.17, 15) is 4.79 Å². The van der Waals surface area contributed by atoms with Crippen molar-refractivity contribution >= 4 is 11.6 Å². The van der Waals surface area contributed by atoms with E-state index in [1.807, 2.05) is 41.4 Å². The number of hydrogen-bond acceptors (Lipinski definition) is 4. The average molecular weight is 297 g/mol. The number of pyridine rings is 1. The quantitative estimate of drug-likeness (QED) is 0.925. The summed E-state index contributed by atoms with van der Waals surface area (Å²) in [6.45, 7) is 3.66. The van der Waals surface area contributed by atoms with Crippen molar-refractivity contribution in [3.8, 4) is 17.0 Å². The maximum atomic E-state index is 11.6. The van der Waals surface area contributed by atoms with Gasteiger partial charge in [-0.25, -0.2) is 0 Å². The zero-order valence-electron chi connectivity index (χ0n) is 12.8. The molecule has 0 saturated heterocycles. The summed E-state index contributed by atoms with van der Waals surface area (Å²) in [4.78, 5) is 17.9. The van der Waals surface area contributed by atoms with Gasteiger partial charge in [-0.15, -0.1) is 0 Å². The number of carbonyl (C=O) groups is 1. The van der Waals surface area contributed by atoms with E-state index in [-0.39, 0.29) is 5.91 Å². The Morgan fingerprint density at radius 3 is 2.77 bits per heavy atom. The van der Waals surface area contributed by atoms with Crippen molar-refractivity contribution in [3.05, 3.63) is 42.1 Å². The summed E-state index contributed by atoms with van der Waals surface area (Å²) in [6, 6.07) is 9.88. The highest BCUT2D eigenvalue weighted by molar-refractivity contribution is 5.74. The van der Waals surface area contributed by atoms with Gasteiger partial charge < -0.3 is 15.0 Å². The molecule has 0 unspecified atom stereocenters. The van der Waals surface area contributed by atoms with Crippen LogP contribution in [-0.4, -0.2) is 36.0 Å². The number of hydrogen-bond donors (Lipinski definition) is 1. The van der Waals surface area contributed by atoms with Gasteiger partial charge in [0, 0.05) is 49.6 Å². The second-order valence-corrected chi connectivity index (χ2v) is 5.32. The summed E-state index contributed by atoms with van der Waals surface area (Å²) in [5.41, 5.74) is 4.04. The lowest BCUT2D eigenvalue weighted by atomic mass is 10.1. The Kier molecular flexibility index (Phi) is 3.96. The minimum absolute atomic E-state index is 0.0916. The number of carbonyl (C=O) groups excluding carboxylic acids is 1. The topological polar surface area (TPSA) is 54.5 Å². The number of methoxy groups -OCH3 is 1. The molecule has 114 valence electrons. The van der Waals surface area contributed by atoms with E-state index in [0.717, 1.165) is 34.8 Å². The monoisotopic (exact) mass is 297 g/mol. The van der Waals surface area contributed by atoms with Crippen LogP contribution in [0, 0.1) is 0 Å². The van der Waals surface area contributed by atoms with E-state index in [4.69, 9.17) is 4.74 Å². The molecule has 5 heteroatoms. The molecule has 22 heavy (non-hydrogen) atoms.